The third-order valence-corrected chi connectivity index (χ3v) is 4.68. The van der Waals surface area contributed by atoms with Gasteiger partial charge in [-0.25, -0.2) is 4.98 Å². The molecule has 3 aromatic rings. The van der Waals surface area contributed by atoms with Crippen molar-refractivity contribution in [3.8, 4) is 22.8 Å². The number of hydrogen-bond acceptors (Lipinski definition) is 6. The molecule has 1 heterocycles. The van der Waals surface area contributed by atoms with Gasteiger partial charge in [0.2, 0.25) is 5.13 Å². The predicted molar refractivity (Wildman–Crippen MR) is 101 cm³/mol. The Balaban J connectivity index is 1.78. The van der Waals surface area contributed by atoms with Gasteiger partial charge in [-0.15, -0.1) is 11.3 Å². The zero-order valence-corrected chi connectivity index (χ0v) is 15.2. The van der Waals surface area contributed by atoms with E-state index in [1.54, 1.807) is 35.7 Å². The fourth-order valence-corrected chi connectivity index (χ4v) is 3.43. The number of rotatable bonds is 4. The van der Waals surface area contributed by atoms with Gasteiger partial charge < -0.3 is 10.2 Å². The van der Waals surface area contributed by atoms with Gasteiger partial charge >= 0.3 is 0 Å². The smallest absolute Gasteiger partial charge is 0.203 e. The van der Waals surface area contributed by atoms with Crippen LogP contribution in [-0.2, 0) is 0 Å². The molecule has 0 radical (unpaired) electrons. The maximum absolute atomic E-state index is 10.1. The average molecular weight is 425 g/mol. The number of hydrogen-bond donors (Lipinski definition) is 3. The summed E-state index contributed by atoms with van der Waals surface area (Å²) in [5, 5.41) is 26.7. The van der Waals surface area contributed by atoms with E-state index in [0.717, 1.165) is 0 Å². The average Bonchev–Trinajstić information content (AvgIpc) is 3.01. The van der Waals surface area contributed by atoms with Crippen LogP contribution >= 0.6 is 38.9 Å². The Labute approximate surface area is 155 Å². The minimum absolute atomic E-state index is 0.0777. The van der Waals surface area contributed by atoms with Crippen molar-refractivity contribution in [2.75, 3.05) is 5.43 Å². The summed E-state index contributed by atoms with van der Waals surface area (Å²) in [5.74, 6) is 0.227. The number of para-hydroxylation sites is 1. The van der Waals surface area contributed by atoms with E-state index in [4.69, 9.17) is 11.6 Å². The largest absolute Gasteiger partial charge is 0.507 e. The number of nitrogens with zero attached hydrogens (tertiary/aromatic N) is 2. The van der Waals surface area contributed by atoms with Gasteiger partial charge in [0.1, 0.15) is 11.5 Å². The van der Waals surface area contributed by atoms with Crippen molar-refractivity contribution in [2.24, 2.45) is 5.10 Å². The van der Waals surface area contributed by atoms with E-state index >= 15 is 0 Å². The Morgan fingerprint density at radius 3 is 2.83 bits per heavy atom. The molecule has 0 aliphatic carbocycles. The summed E-state index contributed by atoms with van der Waals surface area (Å²) in [6.07, 6.45) is 1.50. The summed E-state index contributed by atoms with van der Waals surface area (Å²) in [6, 6.07) is 10.1. The lowest BCUT2D eigenvalue weighted by Gasteiger charge is -2.04. The van der Waals surface area contributed by atoms with Crippen LogP contribution in [0.3, 0.4) is 0 Å². The van der Waals surface area contributed by atoms with E-state index in [9.17, 15) is 10.2 Å². The van der Waals surface area contributed by atoms with Crippen molar-refractivity contribution in [1.29, 1.82) is 0 Å². The Kier molecular flexibility index (Phi) is 5.03. The fourth-order valence-electron chi connectivity index (χ4n) is 1.96. The first-order valence-corrected chi connectivity index (χ1v) is 8.80. The first-order valence-electron chi connectivity index (χ1n) is 6.75. The first kappa shape index (κ1) is 16.8. The number of aromatic hydroxyl groups is 2. The van der Waals surface area contributed by atoms with Crippen LogP contribution in [0.25, 0.3) is 11.3 Å². The number of hydrazone groups is 1. The molecule has 0 fully saturated rings. The van der Waals surface area contributed by atoms with Crippen molar-refractivity contribution >= 4 is 50.2 Å². The number of phenolic OH excluding ortho intramolecular Hbond substituents is 2. The molecule has 0 unspecified atom stereocenters. The van der Waals surface area contributed by atoms with E-state index in [-0.39, 0.29) is 11.5 Å². The van der Waals surface area contributed by atoms with Gasteiger partial charge in [-0.1, -0.05) is 23.7 Å². The van der Waals surface area contributed by atoms with Crippen molar-refractivity contribution in [3.05, 3.63) is 56.8 Å². The number of phenols is 2. The number of nitrogens with one attached hydrogen (secondary N) is 1. The highest BCUT2D eigenvalue weighted by Crippen LogP contribution is 2.38. The minimum Gasteiger partial charge on any atom is -0.507 e. The Hall–Kier alpha value is -2.09. The maximum atomic E-state index is 10.1. The molecule has 0 bridgehead atoms. The molecular formula is C16H11BrClN3O2S. The molecule has 0 saturated carbocycles. The minimum atomic E-state index is 0.0777. The summed E-state index contributed by atoms with van der Waals surface area (Å²) in [6.45, 7) is 0. The molecule has 0 aliphatic heterocycles. The van der Waals surface area contributed by atoms with Crippen LogP contribution < -0.4 is 5.43 Å². The molecule has 0 saturated heterocycles. The van der Waals surface area contributed by atoms with Crippen LogP contribution in [0.15, 0.2) is 51.4 Å². The fraction of sp³-hybridized carbons (Fsp3) is 0. The van der Waals surface area contributed by atoms with Crippen LogP contribution in [0.1, 0.15) is 5.56 Å². The molecule has 3 N–H and O–H groups in total. The molecule has 8 heteroatoms. The highest BCUT2D eigenvalue weighted by Gasteiger charge is 2.12. The van der Waals surface area contributed by atoms with Gasteiger partial charge in [0.15, 0.2) is 0 Å². The number of anilines is 1. The molecular weight excluding hydrogens is 414 g/mol. The zero-order chi connectivity index (χ0) is 17.1. The maximum Gasteiger partial charge on any atom is 0.203 e. The summed E-state index contributed by atoms with van der Waals surface area (Å²) >= 11 is 10.6. The summed E-state index contributed by atoms with van der Waals surface area (Å²) in [4.78, 5) is 4.37. The second-order valence-electron chi connectivity index (χ2n) is 4.75. The Bertz CT molecular complexity index is 914. The quantitative estimate of drug-likeness (QED) is 0.403. The topological polar surface area (TPSA) is 77.7 Å². The summed E-state index contributed by atoms with van der Waals surface area (Å²) in [7, 11) is 0. The normalized spacial score (nSPS) is 11.1. The van der Waals surface area contributed by atoms with Gasteiger partial charge in [-0.3, -0.25) is 5.43 Å². The molecule has 24 heavy (non-hydrogen) atoms. The standard InChI is InChI=1S/C16H11BrClN3O2S/c17-12-6-10(18)5-11(15(12)23)13-8-24-16(20-13)21-19-7-9-3-1-2-4-14(9)22/h1-8,22-23H,(H,20,21)/b19-7+. The summed E-state index contributed by atoms with van der Waals surface area (Å²) < 4.78 is 0.505. The Morgan fingerprint density at radius 1 is 1.25 bits per heavy atom. The van der Waals surface area contributed by atoms with E-state index in [1.807, 2.05) is 6.07 Å². The third-order valence-electron chi connectivity index (χ3n) is 3.11. The predicted octanol–water partition coefficient (Wildman–Crippen LogP) is 5.08. The van der Waals surface area contributed by atoms with E-state index < -0.39 is 0 Å². The second-order valence-corrected chi connectivity index (χ2v) is 6.90. The second kappa shape index (κ2) is 7.21. The van der Waals surface area contributed by atoms with Crippen molar-refractivity contribution < 1.29 is 10.2 Å². The first-order chi connectivity index (χ1) is 11.5. The molecule has 0 spiro atoms. The molecule has 2 aromatic carbocycles. The Morgan fingerprint density at radius 2 is 2.04 bits per heavy atom. The van der Waals surface area contributed by atoms with Crippen LogP contribution in [0.5, 0.6) is 11.5 Å². The number of benzene rings is 2. The van der Waals surface area contributed by atoms with Crippen molar-refractivity contribution in [3.63, 3.8) is 0 Å². The highest BCUT2D eigenvalue weighted by atomic mass is 79.9. The third kappa shape index (κ3) is 3.69. The van der Waals surface area contributed by atoms with Crippen LogP contribution in [0.2, 0.25) is 5.02 Å². The van der Waals surface area contributed by atoms with E-state index in [2.05, 4.69) is 31.4 Å². The molecule has 0 amide bonds. The lowest BCUT2D eigenvalue weighted by atomic mass is 10.1. The SMILES string of the molecule is Oc1ccccc1/C=N/Nc1nc(-c2cc(Cl)cc(Br)c2O)cs1. The zero-order valence-electron chi connectivity index (χ0n) is 12.1. The van der Waals surface area contributed by atoms with Gasteiger partial charge in [0.05, 0.1) is 16.4 Å². The lowest BCUT2D eigenvalue weighted by molar-refractivity contribution is 0.473. The summed E-state index contributed by atoms with van der Waals surface area (Å²) in [5.41, 5.74) is 4.51. The number of thiazole rings is 1. The molecule has 5 nitrogen and oxygen atoms in total. The lowest BCUT2D eigenvalue weighted by Crippen LogP contribution is -1.90. The van der Waals surface area contributed by atoms with Gasteiger partial charge in [-0.2, -0.15) is 5.10 Å². The highest BCUT2D eigenvalue weighted by molar-refractivity contribution is 9.10. The molecule has 122 valence electrons. The number of aromatic nitrogens is 1. The number of halogens is 2. The van der Waals surface area contributed by atoms with Gasteiger partial charge in [0.25, 0.3) is 0 Å². The van der Waals surface area contributed by atoms with Crippen LogP contribution in [0, 0.1) is 0 Å². The van der Waals surface area contributed by atoms with Gasteiger partial charge in [-0.05, 0) is 40.2 Å². The molecule has 1 aromatic heterocycles. The van der Waals surface area contributed by atoms with Crippen LogP contribution in [-0.4, -0.2) is 21.4 Å². The van der Waals surface area contributed by atoms with Gasteiger partial charge in [0, 0.05) is 21.5 Å². The van der Waals surface area contributed by atoms with E-state index in [0.29, 0.717) is 31.4 Å². The van der Waals surface area contributed by atoms with Crippen molar-refractivity contribution in [1.82, 2.24) is 4.98 Å². The van der Waals surface area contributed by atoms with E-state index in [1.165, 1.54) is 17.6 Å². The van der Waals surface area contributed by atoms with Crippen molar-refractivity contribution in [2.45, 2.75) is 0 Å². The molecule has 3 rings (SSSR count). The van der Waals surface area contributed by atoms with Crippen LogP contribution in [0.4, 0.5) is 5.13 Å². The monoisotopic (exact) mass is 423 g/mol. The molecule has 0 atom stereocenters. The molecule has 0 aliphatic rings.